The molecule has 0 amide bonds. The summed E-state index contributed by atoms with van der Waals surface area (Å²) in [4.78, 5) is 0. The summed E-state index contributed by atoms with van der Waals surface area (Å²) in [6, 6.07) is 84.3. The summed E-state index contributed by atoms with van der Waals surface area (Å²) >= 11 is 0. The van der Waals surface area contributed by atoms with E-state index in [1.54, 1.807) is 71.1 Å². The molecule has 0 fully saturated rings. The van der Waals surface area contributed by atoms with E-state index in [1.807, 2.05) is 172 Å². The number of pyridine rings is 4. The zero-order chi connectivity index (χ0) is 99.9. The average Bonchev–Trinajstić information content (AvgIpc) is 1.70. The van der Waals surface area contributed by atoms with Gasteiger partial charge in [0.2, 0.25) is 28.9 Å². The standard InChI is InChI=1S/C33H26NO4.C31H32NO7.2C28H26NO4/c1-34-18-28-23(13-14-29-33(28)38-19-37-29)26-15-24(22-11-9-21(10-12-22)20-7-5-4-6-8-20)25-16-30(35-2)31(36-3)17-27(25)32(26)34;1-32-13-24-20(7-6-17(14-33)25(24)16-35)22-9-8-21-23(29(22)32)12-27(37-3)31(39-5)28(21)18-10-19(15-34)30(38-4)26(11-18)36-2;1-29-14-24-19(10-9-18(15-30)25(24)16-31)22-11-20(17-7-5-4-6-8-17)21-12-26(32-2)27(33-3)13-23(21)28(22)29;1-29-14-23-19(10-9-18(15-30)24(23)16-31)21-12-11-20-22(27(21)29)13-25(32-2)28(33-3)26(20)17-7-5-4-6-8-17/h4-18H,19H2,1-3H3;6-13,33-35H,14-16H2,1-5H3;2*4-14,30-31H,15-16H2,1-3H3/q4*+1. The van der Waals surface area contributed by atoms with Crippen LogP contribution in [0.25, 0.3) is 185 Å². The van der Waals surface area contributed by atoms with Gasteiger partial charge in [0.25, 0.3) is 0 Å². The maximum atomic E-state index is 10.1. The number of aryl methyl sites for hydroxylation is 4. The quantitative estimate of drug-likeness (QED) is 0.0245. The predicted molar refractivity (Wildman–Crippen MR) is 561 cm³/mol. The summed E-state index contributed by atoms with van der Waals surface area (Å²) in [6.45, 7) is -0.798. The minimum absolute atomic E-state index is 0.108. The third-order valence-corrected chi connectivity index (χ3v) is 27.8. The normalized spacial score (nSPS) is 11.7. The molecule has 0 aliphatic carbocycles. The molecule has 1 aliphatic heterocycles. The first-order chi connectivity index (χ1) is 69.8. The van der Waals surface area contributed by atoms with Crippen molar-refractivity contribution < 1.29 is 111 Å². The van der Waals surface area contributed by atoms with Crippen LogP contribution in [0.5, 0.6) is 69.0 Å². The minimum atomic E-state index is -0.232. The molecule has 23 heteroatoms. The lowest BCUT2D eigenvalue weighted by Crippen LogP contribution is -2.29. The largest absolute Gasteiger partial charge is 0.493 e. The highest BCUT2D eigenvalue weighted by atomic mass is 16.7. The molecule has 0 saturated heterocycles. The second-order valence-corrected chi connectivity index (χ2v) is 35.1. The average molecular weight is 1910 g/mol. The van der Waals surface area contributed by atoms with Crippen LogP contribution >= 0.6 is 0 Å². The third kappa shape index (κ3) is 16.7. The van der Waals surface area contributed by atoms with Gasteiger partial charge in [-0.05, 0) is 163 Å². The van der Waals surface area contributed by atoms with Crippen molar-refractivity contribution in [2.45, 2.75) is 46.2 Å². The van der Waals surface area contributed by atoms with Gasteiger partial charge in [-0.3, -0.25) is 0 Å². The van der Waals surface area contributed by atoms with Gasteiger partial charge in [-0.25, -0.2) is 0 Å². The second kappa shape index (κ2) is 40.5. The van der Waals surface area contributed by atoms with Gasteiger partial charge in [-0.1, -0.05) is 164 Å². The summed E-state index contributed by atoms with van der Waals surface area (Å²) in [5.74, 6) is 7.77. The van der Waals surface area contributed by atoms with Crippen LogP contribution in [0.1, 0.15) is 38.9 Å². The van der Waals surface area contributed by atoms with Gasteiger partial charge in [-0.15, -0.1) is 0 Å². The number of fused-ring (bicyclic) bond motifs is 22. The van der Waals surface area contributed by atoms with Gasteiger partial charge >= 0.3 is 0 Å². The van der Waals surface area contributed by atoms with Crippen molar-refractivity contribution in [1.82, 2.24) is 0 Å². The van der Waals surface area contributed by atoms with Gasteiger partial charge in [-0.2, -0.15) is 18.3 Å². The molecule has 5 heterocycles. The number of ether oxygens (including phenoxy) is 12. The first-order valence-electron chi connectivity index (χ1n) is 46.7. The summed E-state index contributed by atoms with van der Waals surface area (Å²) in [7, 11) is 24.3. The first-order valence-corrected chi connectivity index (χ1v) is 46.7. The highest BCUT2D eigenvalue weighted by Gasteiger charge is 2.32. The van der Waals surface area contributed by atoms with Crippen LogP contribution in [-0.4, -0.2) is 114 Å². The van der Waals surface area contributed by atoms with Crippen molar-refractivity contribution in [3.63, 3.8) is 0 Å². The van der Waals surface area contributed by atoms with Gasteiger partial charge in [0, 0.05) is 59.8 Å². The molecule has 0 bridgehead atoms. The zero-order valence-corrected chi connectivity index (χ0v) is 82.0. The van der Waals surface area contributed by atoms with E-state index in [4.69, 9.17) is 56.8 Å². The molecule has 21 aromatic rings. The Morgan fingerprint density at radius 2 is 0.524 bits per heavy atom. The molecule has 0 radical (unpaired) electrons. The molecule has 7 N–H and O–H groups in total. The molecule has 0 unspecified atom stereocenters. The van der Waals surface area contributed by atoms with Gasteiger partial charge in [0.05, 0.1) is 182 Å². The molecule has 0 spiro atoms. The molecule has 1 aliphatic rings. The molecule has 0 atom stereocenters. The number of hydrogen-bond acceptors (Lipinski definition) is 19. The Morgan fingerprint density at radius 3 is 0.923 bits per heavy atom. The van der Waals surface area contributed by atoms with Crippen molar-refractivity contribution in [3.05, 3.63) is 312 Å². The van der Waals surface area contributed by atoms with Crippen molar-refractivity contribution in [2.24, 2.45) is 28.2 Å². The van der Waals surface area contributed by atoms with Crippen LogP contribution in [-0.2, 0) is 74.4 Å². The highest BCUT2D eigenvalue weighted by Crippen LogP contribution is 2.53. The van der Waals surface area contributed by atoms with E-state index in [-0.39, 0.29) is 53.0 Å². The number of aliphatic hydroxyl groups excluding tert-OH is 7. The number of benzene rings is 17. The summed E-state index contributed by atoms with van der Waals surface area (Å²) in [5.41, 5.74) is 19.6. The van der Waals surface area contributed by atoms with Crippen molar-refractivity contribution in [3.8, 4) is 125 Å². The Morgan fingerprint density at radius 1 is 0.224 bits per heavy atom. The van der Waals surface area contributed by atoms with E-state index in [1.165, 1.54) is 11.1 Å². The van der Waals surface area contributed by atoms with E-state index >= 15 is 0 Å². The summed E-state index contributed by atoms with van der Waals surface area (Å²) in [6.07, 6.45) is 8.16. The Bertz CT molecular complexity index is 8550. The lowest BCUT2D eigenvalue weighted by molar-refractivity contribution is -0.642. The molecule has 0 saturated carbocycles. The first kappa shape index (κ1) is 95.7. The molecule has 22 rings (SSSR count). The van der Waals surface area contributed by atoms with Crippen molar-refractivity contribution in [1.29, 1.82) is 0 Å². The highest BCUT2D eigenvalue weighted by molar-refractivity contribution is 6.23. The molecular weight excluding hydrogens is 1800 g/mol. The number of hydrogen-bond donors (Lipinski definition) is 7. The monoisotopic (exact) mass is 1910 g/mol. The topological polar surface area (TPSA) is 268 Å². The van der Waals surface area contributed by atoms with E-state index in [0.29, 0.717) is 74.2 Å². The molecular formula is C120H110N4O19+4. The maximum absolute atomic E-state index is 10.1. The molecule has 4 aromatic heterocycles. The van der Waals surface area contributed by atoms with E-state index < -0.39 is 0 Å². The van der Waals surface area contributed by atoms with Gasteiger partial charge < -0.3 is 92.6 Å². The van der Waals surface area contributed by atoms with Crippen LogP contribution in [0.4, 0.5) is 0 Å². The molecule has 143 heavy (non-hydrogen) atoms. The van der Waals surface area contributed by atoms with Crippen LogP contribution in [0.15, 0.2) is 274 Å². The van der Waals surface area contributed by atoms with Crippen LogP contribution in [0.2, 0.25) is 0 Å². The zero-order valence-electron chi connectivity index (χ0n) is 82.0. The number of methoxy groups -OCH3 is 10. The number of nitrogens with zero attached hydrogens (tertiary/aromatic N) is 4. The van der Waals surface area contributed by atoms with Crippen LogP contribution < -0.4 is 75.1 Å². The predicted octanol–water partition coefficient (Wildman–Crippen LogP) is 20.5. The number of aliphatic hydroxyl groups is 7. The molecule has 17 aromatic carbocycles. The lowest BCUT2D eigenvalue weighted by atomic mass is 9.91. The van der Waals surface area contributed by atoms with Gasteiger partial charge in [0.15, 0.2) is 93.8 Å². The van der Waals surface area contributed by atoms with E-state index in [9.17, 15) is 35.7 Å². The maximum Gasteiger partial charge on any atom is 0.231 e. The Balaban J connectivity index is 0.000000121. The fourth-order valence-electron chi connectivity index (χ4n) is 21.1. The van der Waals surface area contributed by atoms with Crippen molar-refractivity contribution in [2.75, 3.05) is 77.9 Å². The van der Waals surface area contributed by atoms with Crippen LogP contribution in [0, 0.1) is 0 Å². The Labute approximate surface area is 825 Å². The Kier molecular flexibility index (Phi) is 27.1. The minimum Gasteiger partial charge on any atom is -0.493 e. The molecule has 720 valence electrons. The number of aromatic nitrogens is 4. The third-order valence-electron chi connectivity index (χ3n) is 27.8. The fourth-order valence-corrected chi connectivity index (χ4v) is 21.1. The molecule has 23 nitrogen and oxygen atoms in total. The van der Waals surface area contributed by atoms with Crippen LogP contribution in [0.3, 0.4) is 0 Å². The van der Waals surface area contributed by atoms with E-state index in [2.05, 4.69) is 148 Å². The lowest BCUT2D eigenvalue weighted by Gasteiger charge is -2.19. The number of rotatable bonds is 22. The van der Waals surface area contributed by atoms with E-state index in [0.717, 1.165) is 208 Å². The SMILES string of the molecule is COc1cc(-c2c(OC)c(OC)cc3c2ccc2c4ccc(CO)c(CO)c4c[n+](C)c32)cc(CO)c1OC.COc1cc2c(-c3ccc(-c4ccccc4)cc3)cc3c4ccc5c(c4c[n+](C)c3c2cc1OC)OCO5.COc1cc2c(-c3ccccc3)cc3c4ccc(CO)c(CO)c4c[n+](C)c3c2cc1OC.COc1cc2c(ccc3c4ccc(CO)c(CO)c4c[n+](C)c23)c(-c2ccccc2)c1OC. The summed E-state index contributed by atoms with van der Waals surface area (Å²) in [5, 5.41) is 90.1. The fraction of sp³-hybridized carbons (Fsp3) is 0.183. The van der Waals surface area contributed by atoms with Gasteiger partial charge in [0.1, 0.15) is 28.2 Å². The Hall–Kier alpha value is -16.2. The summed E-state index contributed by atoms with van der Waals surface area (Å²) < 4.78 is 77.0. The smallest absolute Gasteiger partial charge is 0.231 e. The second-order valence-electron chi connectivity index (χ2n) is 35.1. The van der Waals surface area contributed by atoms with Crippen molar-refractivity contribution >= 4 is 130 Å².